The molecule has 1 aliphatic rings. The van der Waals surface area contributed by atoms with Gasteiger partial charge in [0, 0.05) is 36.5 Å². The first kappa shape index (κ1) is 26.6. The second-order valence-corrected chi connectivity index (χ2v) is 9.75. The van der Waals surface area contributed by atoms with Gasteiger partial charge in [0.05, 0.1) is 18.8 Å². The van der Waals surface area contributed by atoms with E-state index >= 15 is 0 Å². The number of nitrogens with two attached hydrogens (primary N) is 1. The number of anilines is 1. The predicted molar refractivity (Wildman–Crippen MR) is 140 cm³/mol. The molecule has 1 aliphatic heterocycles. The zero-order chi connectivity index (χ0) is 26.2. The average Bonchev–Trinajstić information content (AvgIpc) is 3.56. The molecular formula is C27H32ClN5O4. The van der Waals surface area contributed by atoms with E-state index in [1.165, 1.54) is 0 Å². The Kier molecular flexibility index (Phi) is 9.14. The summed E-state index contributed by atoms with van der Waals surface area (Å²) in [6.07, 6.45) is 3.98. The molecule has 1 aromatic heterocycles. The Balaban J connectivity index is 1.22. The fourth-order valence-corrected chi connectivity index (χ4v) is 4.61. The summed E-state index contributed by atoms with van der Waals surface area (Å²) in [6.45, 7) is 1.16. The number of nitrogens with zero attached hydrogens (tertiary/aromatic N) is 4. The van der Waals surface area contributed by atoms with Gasteiger partial charge in [-0.1, -0.05) is 35.0 Å². The Hall–Kier alpha value is -3.43. The summed E-state index contributed by atoms with van der Waals surface area (Å²) in [5.74, 6) is 0.622. The van der Waals surface area contributed by atoms with Crippen molar-refractivity contribution >= 4 is 29.0 Å². The number of halogens is 1. The fourth-order valence-electron chi connectivity index (χ4n) is 4.43. The van der Waals surface area contributed by atoms with Gasteiger partial charge in [-0.3, -0.25) is 14.3 Å². The molecule has 2 unspecified atom stereocenters. The standard InChI is InChI=1S/C27H32ClN5O4/c28-20-3-1-5-24(15-20)37-18-26(35)25-17-32(31-30-25)16-22-4-2-14-33(22)27(36)13-12-23(34)11-8-19-6-9-21(29)10-7-19/h1,3,5-7,9-10,15,17,22,26,35H,2,4,8,11-14,16,18,29H2. The van der Waals surface area contributed by atoms with E-state index in [9.17, 15) is 14.7 Å². The maximum absolute atomic E-state index is 12.9. The van der Waals surface area contributed by atoms with Crippen LogP contribution in [0.5, 0.6) is 5.75 Å². The van der Waals surface area contributed by atoms with Crippen molar-refractivity contribution in [3.8, 4) is 5.75 Å². The lowest BCUT2D eigenvalue weighted by Crippen LogP contribution is -2.38. The molecule has 9 nitrogen and oxygen atoms in total. The zero-order valence-corrected chi connectivity index (χ0v) is 21.4. The van der Waals surface area contributed by atoms with Crippen molar-refractivity contribution in [3.63, 3.8) is 0 Å². The Morgan fingerprint density at radius 3 is 2.76 bits per heavy atom. The van der Waals surface area contributed by atoms with Crippen molar-refractivity contribution < 1.29 is 19.4 Å². The quantitative estimate of drug-likeness (QED) is 0.346. The van der Waals surface area contributed by atoms with E-state index in [2.05, 4.69) is 10.3 Å². The van der Waals surface area contributed by atoms with Crippen molar-refractivity contribution in [1.29, 1.82) is 0 Å². The van der Waals surface area contributed by atoms with E-state index in [1.807, 2.05) is 29.2 Å². The van der Waals surface area contributed by atoms with Crippen LogP contribution in [-0.2, 0) is 22.6 Å². The highest BCUT2D eigenvalue weighted by molar-refractivity contribution is 6.30. The van der Waals surface area contributed by atoms with Gasteiger partial charge >= 0.3 is 0 Å². The summed E-state index contributed by atoms with van der Waals surface area (Å²) >= 11 is 5.96. The number of Topliss-reactive ketones (excluding diaryl/α,β-unsaturated/α-hetero) is 1. The predicted octanol–water partition coefficient (Wildman–Crippen LogP) is 3.60. The number of carbonyl (C=O) groups is 2. The van der Waals surface area contributed by atoms with E-state index in [1.54, 1.807) is 35.1 Å². The molecule has 1 amide bonds. The average molecular weight is 526 g/mol. The number of benzene rings is 2. The molecule has 2 heterocycles. The minimum atomic E-state index is -0.951. The lowest BCUT2D eigenvalue weighted by atomic mass is 10.0. The highest BCUT2D eigenvalue weighted by Crippen LogP contribution is 2.22. The molecule has 0 spiro atoms. The van der Waals surface area contributed by atoms with E-state index in [-0.39, 0.29) is 37.2 Å². The summed E-state index contributed by atoms with van der Waals surface area (Å²) in [5.41, 5.74) is 7.84. The van der Waals surface area contributed by atoms with Gasteiger partial charge in [0.15, 0.2) is 0 Å². The van der Waals surface area contributed by atoms with Gasteiger partial charge in [0.2, 0.25) is 5.91 Å². The Morgan fingerprint density at radius 1 is 1.16 bits per heavy atom. The van der Waals surface area contributed by atoms with Crippen molar-refractivity contribution in [1.82, 2.24) is 19.9 Å². The van der Waals surface area contributed by atoms with E-state index in [4.69, 9.17) is 22.1 Å². The third-order valence-corrected chi connectivity index (χ3v) is 6.72. The second-order valence-electron chi connectivity index (χ2n) is 9.31. The molecule has 10 heteroatoms. The van der Waals surface area contributed by atoms with E-state index in [0.29, 0.717) is 48.1 Å². The Labute approximate surface area is 221 Å². The number of aryl methyl sites for hydroxylation is 1. The number of rotatable bonds is 12. The van der Waals surface area contributed by atoms with Crippen molar-refractivity contribution in [3.05, 3.63) is 71.0 Å². The number of hydrogen-bond donors (Lipinski definition) is 2. The van der Waals surface area contributed by atoms with Crippen molar-refractivity contribution in [2.45, 2.75) is 57.2 Å². The molecule has 3 N–H and O–H groups in total. The fraction of sp³-hybridized carbons (Fsp3) is 0.407. The number of aliphatic hydroxyl groups is 1. The molecular weight excluding hydrogens is 494 g/mol. The zero-order valence-electron chi connectivity index (χ0n) is 20.6. The highest BCUT2D eigenvalue weighted by Gasteiger charge is 2.29. The molecule has 2 aromatic carbocycles. The minimum Gasteiger partial charge on any atom is -0.490 e. The minimum absolute atomic E-state index is 0.0133. The van der Waals surface area contributed by atoms with Crippen LogP contribution >= 0.6 is 11.6 Å². The lowest BCUT2D eigenvalue weighted by molar-refractivity contribution is -0.134. The summed E-state index contributed by atoms with van der Waals surface area (Å²) in [5, 5.41) is 19.2. The topological polar surface area (TPSA) is 124 Å². The monoisotopic (exact) mass is 525 g/mol. The molecule has 0 radical (unpaired) electrons. The second kappa shape index (κ2) is 12.7. The van der Waals surface area contributed by atoms with Crippen LogP contribution in [0.1, 0.15) is 49.5 Å². The first-order chi connectivity index (χ1) is 17.9. The molecule has 3 aromatic rings. The van der Waals surface area contributed by atoms with Gasteiger partial charge in [-0.2, -0.15) is 0 Å². The first-order valence-corrected chi connectivity index (χ1v) is 12.9. The Morgan fingerprint density at radius 2 is 1.97 bits per heavy atom. The van der Waals surface area contributed by atoms with Gasteiger partial charge < -0.3 is 20.5 Å². The van der Waals surface area contributed by atoms with Gasteiger partial charge in [-0.25, -0.2) is 0 Å². The van der Waals surface area contributed by atoms with Crippen LogP contribution in [0.2, 0.25) is 5.02 Å². The molecule has 4 rings (SSSR count). The van der Waals surface area contributed by atoms with Crippen LogP contribution in [0.25, 0.3) is 0 Å². The smallest absolute Gasteiger partial charge is 0.223 e. The van der Waals surface area contributed by atoms with Gasteiger partial charge in [-0.05, 0) is 55.2 Å². The number of likely N-dealkylation sites (tertiary alicyclic amines) is 1. The number of hydrogen-bond acceptors (Lipinski definition) is 7. The van der Waals surface area contributed by atoms with Crippen LogP contribution < -0.4 is 10.5 Å². The van der Waals surface area contributed by atoms with Gasteiger partial charge in [-0.15, -0.1) is 5.10 Å². The number of ether oxygens (including phenoxy) is 1. The van der Waals surface area contributed by atoms with Crippen LogP contribution in [0.4, 0.5) is 5.69 Å². The van der Waals surface area contributed by atoms with Crippen LogP contribution in [0, 0.1) is 0 Å². The van der Waals surface area contributed by atoms with E-state index in [0.717, 1.165) is 18.4 Å². The molecule has 0 bridgehead atoms. The molecule has 1 saturated heterocycles. The van der Waals surface area contributed by atoms with Crippen LogP contribution in [-0.4, -0.2) is 55.9 Å². The van der Waals surface area contributed by atoms with Crippen molar-refractivity contribution in [2.75, 3.05) is 18.9 Å². The largest absolute Gasteiger partial charge is 0.490 e. The molecule has 0 saturated carbocycles. The molecule has 2 atom stereocenters. The van der Waals surface area contributed by atoms with Crippen LogP contribution in [0.15, 0.2) is 54.7 Å². The number of aromatic nitrogens is 3. The number of carbonyl (C=O) groups excluding carboxylic acids is 2. The van der Waals surface area contributed by atoms with Gasteiger partial charge in [0.25, 0.3) is 0 Å². The van der Waals surface area contributed by atoms with Gasteiger partial charge in [0.1, 0.15) is 29.9 Å². The first-order valence-electron chi connectivity index (χ1n) is 12.5. The number of amides is 1. The Bertz CT molecular complexity index is 1200. The maximum atomic E-state index is 12.9. The number of aliphatic hydroxyl groups excluding tert-OH is 1. The molecule has 0 aliphatic carbocycles. The molecule has 196 valence electrons. The van der Waals surface area contributed by atoms with Crippen LogP contribution in [0.3, 0.4) is 0 Å². The third kappa shape index (κ3) is 7.77. The summed E-state index contributed by atoms with van der Waals surface area (Å²) in [4.78, 5) is 27.1. The molecule has 37 heavy (non-hydrogen) atoms. The highest BCUT2D eigenvalue weighted by atomic mass is 35.5. The molecule has 1 fully saturated rings. The normalized spacial score (nSPS) is 16.1. The number of nitrogen functional groups attached to an aromatic ring is 1. The third-order valence-electron chi connectivity index (χ3n) is 6.49. The SMILES string of the molecule is Nc1ccc(CCC(=O)CCC(=O)N2CCCC2Cn2cc(C(O)COc3cccc(Cl)c3)nn2)cc1. The summed E-state index contributed by atoms with van der Waals surface area (Å²) < 4.78 is 7.24. The number of ketones is 1. The van der Waals surface area contributed by atoms with Crippen molar-refractivity contribution in [2.24, 2.45) is 0 Å². The van der Waals surface area contributed by atoms with E-state index < -0.39 is 6.10 Å². The summed E-state index contributed by atoms with van der Waals surface area (Å²) in [7, 11) is 0. The lowest BCUT2D eigenvalue weighted by Gasteiger charge is -2.24. The summed E-state index contributed by atoms with van der Waals surface area (Å²) in [6, 6.07) is 14.4. The maximum Gasteiger partial charge on any atom is 0.223 e.